The van der Waals surface area contributed by atoms with Crippen LogP contribution < -0.4 is 19.9 Å². The quantitative estimate of drug-likeness (QED) is 0.897. The monoisotopic (exact) mass is 368 g/mol. The molecule has 27 heavy (non-hydrogen) atoms. The Bertz CT molecular complexity index is 910. The van der Waals surface area contributed by atoms with Gasteiger partial charge in [-0.3, -0.25) is 9.69 Å². The highest BCUT2D eigenvalue weighted by molar-refractivity contribution is 5.97. The van der Waals surface area contributed by atoms with E-state index in [4.69, 9.17) is 19.9 Å². The molecular weight excluding hydrogens is 344 g/mol. The molecule has 0 saturated carbocycles. The molecule has 142 valence electrons. The number of nitrogens with two attached hydrogens (primary N) is 1. The number of nitrogens with zero attached hydrogens (tertiary/aromatic N) is 1. The average molecular weight is 368 g/mol. The SMILES string of the molecule is COc1cc2c(cc1OC)[C@@H]1Cc3ccc(OC)c(C(N)=O)c3CN1CC2. The molecule has 4 rings (SSSR count). The van der Waals surface area contributed by atoms with Crippen molar-refractivity contribution in [2.75, 3.05) is 27.9 Å². The zero-order chi connectivity index (χ0) is 19.1. The molecule has 2 aromatic carbocycles. The van der Waals surface area contributed by atoms with Gasteiger partial charge in [-0.25, -0.2) is 0 Å². The van der Waals surface area contributed by atoms with Crippen LogP contribution in [0.1, 0.15) is 38.7 Å². The van der Waals surface area contributed by atoms with Crippen molar-refractivity contribution in [3.05, 3.63) is 52.1 Å². The van der Waals surface area contributed by atoms with Gasteiger partial charge in [0.2, 0.25) is 0 Å². The lowest BCUT2D eigenvalue weighted by Gasteiger charge is -2.42. The van der Waals surface area contributed by atoms with E-state index in [9.17, 15) is 4.79 Å². The van der Waals surface area contributed by atoms with Gasteiger partial charge >= 0.3 is 0 Å². The van der Waals surface area contributed by atoms with Crippen LogP contribution in [0, 0.1) is 0 Å². The Morgan fingerprint density at radius 2 is 1.74 bits per heavy atom. The smallest absolute Gasteiger partial charge is 0.252 e. The van der Waals surface area contributed by atoms with Gasteiger partial charge in [-0.15, -0.1) is 0 Å². The van der Waals surface area contributed by atoms with Crippen LogP contribution in [0.3, 0.4) is 0 Å². The number of carbonyl (C=O) groups is 1. The lowest BCUT2D eigenvalue weighted by atomic mass is 9.82. The van der Waals surface area contributed by atoms with E-state index < -0.39 is 5.91 Å². The third kappa shape index (κ3) is 2.80. The summed E-state index contributed by atoms with van der Waals surface area (Å²) in [4.78, 5) is 14.5. The fourth-order valence-electron chi connectivity index (χ4n) is 4.40. The van der Waals surface area contributed by atoms with Crippen molar-refractivity contribution in [2.45, 2.75) is 25.4 Å². The highest BCUT2D eigenvalue weighted by Gasteiger charge is 2.35. The molecule has 2 aliphatic heterocycles. The summed E-state index contributed by atoms with van der Waals surface area (Å²) < 4.78 is 16.3. The van der Waals surface area contributed by atoms with Gasteiger partial charge in [0.05, 0.1) is 26.9 Å². The van der Waals surface area contributed by atoms with Crippen molar-refractivity contribution in [3.63, 3.8) is 0 Å². The number of fused-ring (bicyclic) bond motifs is 4. The van der Waals surface area contributed by atoms with E-state index in [-0.39, 0.29) is 6.04 Å². The van der Waals surface area contributed by atoms with Gasteiger partial charge in [0.1, 0.15) is 5.75 Å². The van der Waals surface area contributed by atoms with E-state index in [1.165, 1.54) is 11.1 Å². The third-order valence-electron chi connectivity index (χ3n) is 5.73. The molecule has 0 fully saturated rings. The van der Waals surface area contributed by atoms with Gasteiger partial charge in [-0.1, -0.05) is 6.07 Å². The first-order chi connectivity index (χ1) is 13.1. The predicted molar refractivity (Wildman–Crippen MR) is 102 cm³/mol. The Morgan fingerprint density at radius 1 is 1.04 bits per heavy atom. The molecule has 2 heterocycles. The molecule has 2 aliphatic rings. The van der Waals surface area contributed by atoms with Crippen molar-refractivity contribution in [1.29, 1.82) is 0 Å². The molecule has 1 atom stereocenters. The van der Waals surface area contributed by atoms with Crippen LogP contribution >= 0.6 is 0 Å². The second kappa shape index (κ2) is 6.78. The van der Waals surface area contributed by atoms with E-state index in [0.717, 1.165) is 42.0 Å². The lowest BCUT2D eigenvalue weighted by Crippen LogP contribution is -2.40. The minimum Gasteiger partial charge on any atom is -0.496 e. The number of amides is 1. The largest absolute Gasteiger partial charge is 0.496 e. The molecule has 2 aromatic rings. The van der Waals surface area contributed by atoms with Crippen molar-refractivity contribution in [2.24, 2.45) is 5.73 Å². The molecule has 0 bridgehead atoms. The molecule has 6 nitrogen and oxygen atoms in total. The van der Waals surface area contributed by atoms with Crippen LogP contribution in [-0.4, -0.2) is 38.7 Å². The van der Waals surface area contributed by atoms with E-state index in [1.54, 1.807) is 21.3 Å². The number of benzene rings is 2. The van der Waals surface area contributed by atoms with E-state index >= 15 is 0 Å². The van der Waals surface area contributed by atoms with Gasteiger partial charge in [-0.05, 0) is 53.3 Å². The van der Waals surface area contributed by atoms with Crippen LogP contribution in [0.2, 0.25) is 0 Å². The summed E-state index contributed by atoms with van der Waals surface area (Å²) in [5.41, 5.74) is 10.9. The summed E-state index contributed by atoms with van der Waals surface area (Å²) in [5, 5.41) is 0. The van der Waals surface area contributed by atoms with E-state index in [1.807, 2.05) is 12.1 Å². The van der Waals surface area contributed by atoms with Crippen molar-refractivity contribution >= 4 is 5.91 Å². The molecular formula is C21H24N2O4. The number of rotatable bonds is 4. The number of ether oxygens (including phenoxy) is 3. The molecule has 0 spiro atoms. The highest BCUT2D eigenvalue weighted by Crippen LogP contribution is 2.43. The van der Waals surface area contributed by atoms with Crippen LogP contribution in [0.4, 0.5) is 0 Å². The average Bonchev–Trinajstić information content (AvgIpc) is 2.69. The Morgan fingerprint density at radius 3 is 2.41 bits per heavy atom. The van der Waals surface area contributed by atoms with Gasteiger partial charge < -0.3 is 19.9 Å². The topological polar surface area (TPSA) is 74.0 Å². The van der Waals surface area contributed by atoms with E-state index in [2.05, 4.69) is 17.0 Å². The Labute approximate surface area is 158 Å². The first-order valence-corrected chi connectivity index (χ1v) is 9.04. The maximum Gasteiger partial charge on any atom is 0.252 e. The molecule has 0 aromatic heterocycles. The molecule has 0 saturated heterocycles. The second-order valence-corrected chi connectivity index (χ2v) is 6.99. The van der Waals surface area contributed by atoms with Crippen LogP contribution in [0.25, 0.3) is 0 Å². The zero-order valence-electron chi connectivity index (χ0n) is 15.9. The lowest BCUT2D eigenvalue weighted by molar-refractivity contribution is 0.0991. The third-order valence-corrected chi connectivity index (χ3v) is 5.73. The van der Waals surface area contributed by atoms with Crippen LogP contribution in [0.5, 0.6) is 17.2 Å². The molecule has 1 amide bonds. The Hall–Kier alpha value is -2.73. The maximum absolute atomic E-state index is 12.1. The predicted octanol–water partition coefficient (Wildman–Crippen LogP) is 2.47. The first kappa shape index (κ1) is 17.7. The normalized spacial score (nSPS) is 18.1. The minimum absolute atomic E-state index is 0.246. The Kier molecular flexibility index (Phi) is 4.44. The standard InChI is InChI=1S/C21H24N2O4/c1-25-17-5-4-12-8-16-14-10-19(27-3)18(26-2)9-13(14)6-7-23(16)11-15(12)20(17)21(22)24/h4-5,9-10,16H,6-8,11H2,1-3H3,(H2,22,24)/t16-/m0/s1. The molecule has 0 unspecified atom stereocenters. The van der Waals surface area contributed by atoms with Crippen molar-refractivity contribution in [1.82, 2.24) is 4.90 Å². The highest BCUT2D eigenvalue weighted by atomic mass is 16.5. The fraction of sp³-hybridized carbons (Fsp3) is 0.381. The summed E-state index contributed by atoms with van der Waals surface area (Å²) in [6.07, 6.45) is 1.75. The van der Waals surface area contributed by atoms with Gasteiger partial charge in [0.15, 0.2) is 11.5 Å². The van der Waals surface area contributed by atoms with Crippen molar-refractivity contribution < 1.29 is 19.0 Å². The molecule has 0 aliphatic carbocycles. The Balaban J connectivity index is 1.79. The van der Waals surface area contributed by atoms with Crippen molar-refractivity contribution in [3.8, 4) is 17.2 Å². The van der Waals surface area contributed by atoms with Gasteiger partial charge in [-0.2, -0.15) is 0 Å². The van der Waals surface area contributed by atoms with Gasteiger partial charge in [0.25, 0.3) is 5.91 Å². The zero-order valence-corrected chi connectivity index (χ0v) is 15.9. The number of methoxy groups -OCH3 is 3. The maximum atomic E-state index is 12.1. The summed E-state index contributed by atoms with van der Waals surface area (Å²) in [7, 11) is 4.89. The summed E-state index contributed by atoms with van der Waals surface area (Å²) in [5.74, 6) is 1.62. The van der Waals surface area contributed by atoms with Crippen LogP contribution in [0.15, 0.2) is 24.3 Å². The van der Waals surface area contributed by atoms with E-state index in [0.29, 0.717) is 17.9 Å². The second-order valence-electron chi connectivity index (χ2n) is 6.99. The van der Waals surface area contributed by atoms with Gasteiger partial charge in [0, 0.05) is 19.1 Å². The molecule has 6 heteroatoms. The summed E-state index contributed by atoms with van der Waals surface area (Å²) in [6, 6.07) is 8.31. The first-order valence-electron chi connectivity index (χ1n) is 9.04. The van der Waals surface area contributed by atoms with Crippen LogP contribution in [-0.2, 0) is 19.4 Å². The number of carbonyl (C=O) groups excluding carboxylic acids is 1. The summed E-state index contributed by atoms with van der Waals surface area (Å²) in [6.45, 7) is 1.60. The number of hydrogen-bond donors (Lipinski definition) is 1. The summed E-state index contributed by atoms with van der Waals surface area (Å²) >= 11 is 0. The minimum atomic E-state index is -0.439. The molecule has 2 N–H and O–H groups in total. The fourth-order valence-corrected chi connectivity index (χ4v) is 4.40. The number of hydrogen-bond acceptors (Lipinski definition) is 5. The number of primary amides is 1. The molecule has 0 radical (unpaired) electrons.